The largest absolute Gasteiger partial charge is 0.496 e. The Kier molecular flexibility index (Phi) is 8.46. The standard InChI is InChI=1S/C30H38N2O9/c1-14(2)41-30(34)32-20-13-18-22(28(40-10)27(39-9)16(4)25(18)37-7)23(32)19(31-29(20)33)11-17-12-21(35-5)26(38-8)15(3)24(17)36-6/h11-12,14,20,23H,13H2,1-10H3,(H,31,33)/b19-11-/t20-,23-/m0/s1. The van der Waals surface area contributed by atoms with E-state index in [1.165, 1.54) is 4.90 Å². The van der Waals surface area contributed by atoms with Gasteiger partial charge in [-0.3, -0.25) is 9.69 Å². The highest BCUT2D eigenvalue weighted by Gasteiger charge is 2.51. The lowest BCUT2D eigenvalue weighted by Crippen LogP contribution is -2.60. The van der Waals surface area contributed by atoms with E-state index in [0.29, 0.717) is 56.9 Å². The molecular weight excluding hydrogens is 532 g/mol. The second-order valence-corrected chi connectivity index (χ2v) is 10.0. The van der Waals surface area contributed by atoms with Gasteiger partial charge in [0.2, 0.25) is 5.91 Å². The number of ether oxygens (including phenoxy) is 7. The molecule has 2 aliphatic heterocycles. The molecule has 0 unspecified atom stereocenters. The number of amides is 2. The van der Waals surface area contributed by atoms with Gasteiger partial charge in [0.05, 0.1) is 48.8 Å². The summed E-state index contributed by atoms with van der Waals surface area (Å²) < 4.78 is 40.0. The molecule has 4 rings (SSSR count). The summed E-state index contributed by atoms with van der Waals surface area (Å²) >= 11 is 0. The SMILES string of the molecule is COc1cc(/C=C2\NC(=O)[C@@H]3Cc4c(OC)c(C)c(OC)c(OC)c4[C@H]2N3C(=O)OC(C)C)c(OC)c(C)c1OC. The molecule has 0 aliphatic carbocycles. The number of nitrogens with zero attached hydrogens (tertiary/aromatic N) is 1. The second-order valence-electron chi connectivity index (χ2n) is 10.0. The van der Waals surface area contributed by atoms with E-state index in [9.17, 15) is 9.59 Å². The molecule has 1 saturated heterocycles. The number of carbonyl (C=O) groups excluding carboxylic acids is 2. The van der Waals surface area contributed by atoms with Crippen LogP contribution in [-0.2, 0) is 16.0 Å². The van der Waals surface area contributed by atoms with E-state index in [-0.39, 0.29) is 12.3 Å². The first-order valence-electron chi connectivity index (χ1n) is 13.2. The second kappa shape index (κ2) is 11.7. The minimum Gasteiger partial charge on any atom is -0.496 e. The summed E-state index contributed by atoms with van der Waals surface area (Å²) in [5, 5.41) is 3.03. The van der Waals surface area contributed by atoms with Crippen molar-refractivity contribution in [1.82, 2.24) is 10.2 Å². The highest BCUT2D eigenvalue weighted by Crippen LogP contribution is 2.54. The zero-order chi connectivity index (χ0) is 30.2. The van der Waals surface area contributed by atoms with Crippen LogP contribution in [0.3, 0.4) is 0 Å². The van der Waals surface area contributed by atoms with E-state index in [0.717, 1.165) is 11.1 Å². The highest BCUT2D eigenvalue weighted by molar-refractivity contribution is 5.93. The van der Waals surface area contributed by atoms with Crippen LogP contribution in [0, 0.1) is 13.8 Å². The third-order valence-corrected chi connectivity index (χ3v) is 7.43. The number of benzene rings is 2. The predicted molar refractivity (Wildman–Crippen MR) is 151 cm³/mol. The third kappa shape index (κ3) is 4.83. The van der Waals surface area contributed by atoms with Gasteiger partial charge in [-0.25, -0.2) is 4.79 Å². The van der Waals surface area contributed by atoms with Crippen molar-refractivity contribution in [3.63, 3.8) is 0 Å². The Bertz CT molecular complexity index is 1400. The summed E-state index contributed by atoms with van der Waals surface area (Å²) in [5.41, 5.74) is 3.83. The molecule has 2 aromatic rings. The molecule has 0 aromatic heterocycles. The molecule has 2 atom stereocenters. The summed E-state index contributed by atoms with van der Waals surface area (Å²) in [6, 6.07) is 0.0877. The van der Waals surface area contributed by atoms with Crippen LogP contribution in [-0.4, -0.2) is 71.7 Å². The van der Waals surface area contributed by atoms with Crippen molar-refractivity contribution in [2.75, 3.05) is 42.7 Å². The number of methoxy groups -OCH3 is 6. The fraction of sp³-hybridized carbons (Fsp3) is 0.467. The van der Waals surface area contributed by atoms with Gasteiger partial charge in [0.1, 0.15) is 23.6 Å². The van der Waals surface area contributed by atoms with E-state index in [2.05, 4.69) is 5.32 Å². The molecule has 222 valence electrons. The maximum atomic E-state index is 13.6. The Morgan fingerprint density at radius 2 is 1.46 bits per heavy atom. The predicted octanol–water partition coefficient (Wildman–Crippen LogP) is 4.34. The molecule has 11 heteroatoms. The summed E-state index contributed by atoms with van der Waals surface area (Å²) in [6.07, 6.45) is 0.923. The number of carbonyl (C=O) groups is 2. The highest BCUT2D eigenvalue weighted by atomic mass is 16.6. The van der Waals surface area contributed by atoms with Crippen LogP contribution >= 0.6 is 0 Å². The van der Waals surface area contributed by atoms with Gasteiger partial charge in [-0.2, -0.15) is 0 Å². The van der Waals surface area contributed by atoms with Crippen LogP contribution in [0.1, 0.15) is 47.7 Å². The first kappa shape index (κ1) is 29.7. The Hall–Kier alpha value is -4.28. The third-order valence-electron chi connectivity index (χ3n) is 7.43. The topological polar surface area (TPSA) is 114 Å². The molecular formula is C30H38N2O9. The summed E-state index contributed by atoms with van der Waals surface area (Å²) in [4.78, 5) is 28.8. The van der Waals surface area contributed by atoms with Crippen LogP contribution in [0.4, 0.5) is 4.79 Å². The maximum absolute atomic E-state index is 13.6. The van der Waals surface area contributed by atoms with E-state index in [4.69, 9.17) is 33.2 Å². The zero-order valence-electron chi connectivity index (χ0n) is 25.2. The van der Waals surface area contributed by atoms with Crippen LogP contribution in [0.5, 0.6) is 34.5 Å². The number of piperazine rings is 1. The smallest absolute Gasteiger partial charge is 0.411 e. The fourth-order valence-corrected chi connectivity index (χ4v) is 5.86. The first-order valence-corrected chi connectivity index (χ1v) is 13.2. The lowest BCUT2D eigenvalue weighted by Gasteiger charge is -2.47. The van der Waals surface area contributed by atoms with E-state index < -0.39 is 24.3 Å². The van der Waals surface area contributed by atoms with Gasteiger partial charge < -0.3 is 38.5 Å². The van der Waals surface area contributed by atoms with Crippen LogP contribution < -0.4 is 33.7 Å². The summed E-state index contributed by atoms with van der Waals surface area (Å²) in [5.74, 6) is 2.64. The van der Waals surface area contributed by atoms with Crippen molar-refractivity contribution in [1.29, 1.82) is 0 Å². The molecule has 2 aromatic carbocycles. The Morgan fingerprint density at radius 3 is 2.00 bits per heavy atom. The Balaban J connectivity index is 2.09. The van der Waals surface area contributed by atoms with Crippen molar-refractivity contribution in [3.05, 3.63) is 39.6 Å². The molecule has 2 heterocycles. The monoisotopic (exact) mass is 570 g/mol. The summed E-state index contributed by atoms with van der Waals surface area (Å²) in [6.45, 7) is 7.23. The van der Waals surface area contributed by atoms with Crippen molar-refractivity contribution in [2.24, 2.45) is 0 Å². The Labute approximate surface area is 240 Å². The van der Waals surface area contributed by atoms with Gasteiger partial charge in [0, 0.05) is 39.9 Å². The average molecular weight is 571 g/mol. The Morgan fingerprint density at radius 1 is 0.878 bits per heavy atom. The van der Waals surface area contributed by atoms with E-state index in [1.54, 1.807) is 68.6 Å². The van der Waals surface area contributed by atoms with Gasteiger partial charge in [0.15, 0.2) is 23.0 Å². The number of rotatable bonds is 8. The lowest BCUT2D eigenvalue weighted by atomic mass is 9.81. The molecule has 0 radical (unpaired) electrons. The van der Waals surface area contributed by atoms with Crippen LogP contribution in [0.2, 0.25) is 0 Å². The molecule has 41 heavy (non-hydrogen) atoms. The van der Waals surface area contributed by atoms with Crippen molar-refractivity contribution >= 4 is 18.1 Å². The van der Waals surface area contributed by atoms with Crippen molar-refractivity contribution in [3.8, 4) is 34.5 Å². The van der Waals surface area contributed by atoms with Crippen molar-refractivity contribution < 1.29 is 42.7 Å². The molecule has 1 N–H and O–H groups in total. The first-order chi connectivity index (χ1) is 19.6. The van der Waals surface area contributed by atoms with Gasteiger partial charge >= 0.3 is 6.09 Å². The van der Waals surface area contributed by atoms with Crippen molar-refractivity contribution in [2.45, 2.75) is 52.3 Å². The van der Waals surface area contributed by atoms with Crippen LogP contribution in [0.15, 0.2) is 11.8 Å². The number of hydrogen-bond donors (Lipinski definition) is 1. The number of fused-ring (bicyclic) bond motifs is 4. The zero-order valence-corrected chi connectivity index (χ0v) is 25.2. The molecule has 2 amide bonds. The summed E-state index contributed by atoms with van der Waals surface area (Å²) in [7, 11) is 9.30. The molecule has 1 fully saturated rings. The number of nitrogens with one attached hydrogen (secondary N) is 1. The lowest BCUT2D eigenvalue weighted by molar-refractivity contribution is -0.129. The molecule has 0 saturated carbocycles. The minimum atomic E-state index is -0.851. The quantitative estimate of drug-likeness (QED) is 0.495. The minimum absolute atomic E-state index is 0.196. The van der Waals surface area contributed by atoms with E-state index >= 15 is 0 Å². The molecule has 0 spiro atoms. The molecule has 2 bridgehead atoms. The van der Waals surface area contributed by atoms with Gasteiger partial charge in [0.25, 0.3) is 0 Å². The van der Waals surface area contributed by atoms with Gasteiger partial charge in [-0.15, -0.1) is 0 Å². The van der Waals surface area contributed by atoms with Gasteiger partial charge in [-0.1, -0.05) is 0 Å². The fourth-order valence-electron chi connectivity index (χ4n) is 5.86. The molecule has 11 nitrogen and oxygen atoms in total. The number of hydrogen-bond acceptors (Lipinski definition) is 9. The van der Waals surface area contributed by atoms with E-state index in [1.807, 2.05) is 13.8 Å². The average Bonchev–Trinajstić information content (AvgIpc) is 2.93. The van der Waals surface area contributed by atoms with Gasteiger partial charge in [-0.05, 0) is 39.8 Å². The maximum Gasteiger partial charge on any atom is 0.411 e. The molecule has 2 aliphatic rings. The van der Waals surface area contributed by atoms with Crippen LogP contribution in [0.25, 0.3) is 6.08 Å². The normalized spacial score (nSPS) is 18.5.